The first-order valence-corrected chi connectivity index (χ1v) is 9.90. The van der Waals surface area contributed by atoms with E-state index in [2.05, 4.69) is 0 Å². The second-order valence-corrected chi connectivity index (χ2v) is 7.53. The lowest BCUT2D eigenvalue weighted by molar-refractivity contribution is -0.133. The number of para-hydroxylation sites is 2. The fraction of sp³-hybridized carbons (Fsp3) is 0.318. The lowest BCUT2D eigenvalue weighted by Gasteiger charge is -2.32. The lowest BCUT2D eigenvalue weighted by Crippen LogP contribution is -2.44. The van der Waals surface area contributed by atoms with Crippen LogP contribution in [0.2, 0.25) is 0 Å². The van der Waals surface area contributed by atoms with Gasteiger partial charge in [0.2, 0.25) is 12.7 Å². The van der Waals surface area contributed by atoms with Crippen molar-refractivity contribution in [1.82, 2.24) is 9.47 Å². The molecule has 5 rings (SSSR count). The molecule has 1 fully saturated rings. The van der Waals surface area contributed by atoms with E-state index in [-0.39, 0.29) is 30.9 Å². The number of fused-ring (bicyclic) bond motifs is 2. The Labute approximate surface area is 171 Å². The zero-order valence-electron chi connectivity index (χ0n) is 16.2. The number of likely N-dealkylation sites (tertiary alicyclic amines) is 1. The van der Waals surface area contributed by atoms with Gasteiger partial charge in [-0.05, 0) is 43.2 Å². The fourth-order valence-electron chi connectivity index (χ4n) is 4.10. The molecule has 0 spiro atoms. The highest BCUT2D eigenvalue weighted by atomic mass is 16.7. The van der Waals surface area contributed by atoms with Crippen LogP contribution in [0.4, 0.5) is 0 Å². The number of oxazole rings is 1. The highest BCUT2D eigenvalue weighted by molar-refractivity contribution is 5.99. The van der Waals surface area contributed by atoms with Gasteiger partial charge in [-0.15, -0.1) is 0 Å². The highest BCUT2D eigenvalue weighted by Crippen LogP contribution is 2.34. The Hall–Kier alpha value is -3.55. The number of hydrogen-bond acceptors (Lipinski definition) is 6. The third-order valence-corrected chi connectivity index (χ3v) is 5.67. The maximum atomic E-state index is 13.0. The van der Waals surface area contributed by atoms with Crippen molar-refractivity contribution in [1.29, 1.82) is 0 Å². The van der Waals surface area contributed by atoms with Crippen molar-refractivity contribution in [3.8, 4) is 11.5 Å². The van der Waals surface area contributed by atoms with Crippen molar-refractivity contribution in [2.45, 2.75) is 19.4 Å². The SMILES string of the molecule is O=C(c1ccc2c(c1)OCO2)[C@@H]1CCCN(C(=O)Cn2c(=O)oc3ccccc32)C1. The van der Waals surface area contributed by atoms with Crippen LogP contribution in [-0.2, 0) is 11.3 Å². The molecule has 0 N–H and O–H groups in total. The number of ketones is 1. The molecule has 2 aromatic carbocycles. The summed E-state index contributed by atoms with van der Waals surface area (Å²) in [6, 6.07) is 12.2. The molecule has 8 nitrogen and oxygen atoms in total. The molecule has 154 valence electrons. The summed E-state index contributed by atoms with van der Waals surface area (Å²) in [5.41, 5.74) is 1.58. The average Bonchev–Trinajstić information content (AvgIpc) is 3.37. The second kappa shape index (κ2) is 7.37. The minimum atomic E-state index is -0.561. The van der Waals surface area contributed by atoms with E-state index in [1.165, 1.54) is 4.57 Å². The predicted octanol–water partition coefficient (Wildman–Crippen LogP) is 2.44. The zero-order chi connectivity index (χ0) is 20.7. The first-order valence-electron chi connectivity index (χ1n) is 9.90. The average molecular weight is 408 g/mol. The van der Waals surface area contributed by atoms with Crippen molar-refractivity contribution in [2.75, 3.05) is 19.9 Å². The van der Waals surface area contributed by atoms with Gasteiger partial charge in [-0.2, -0.15) is 0 Å². The highest BCUT2D eigenvalue weighted by Gasteiger charge is 2.30. The molecule has 2 aliphatic rings. The molecule has 3 heterocycles. The molecule has 0 radical (unpaired) electrons. The molecule has 0 bridgehead atoms. The molecular formula is C22H20N2O6. The van der Waals surface area contributed by atoms with Crippen LogP contribution in [0.25, 0.3) is 11.1 Å². The van der Waals surface area contributed by atoms with Crippen LogP contribution in [0.5, 0.6) is 11.5 Å². The smallest absolute Gasteiger partial charge is 0.420 e. The molecule has 0 unspecified atom stereocenters. The molecule has 0 aliphatic carbocycles. The molecule has 3 aromatic rings. The Morgan fingerprint density at radius 2 is 1.90 bits per heavy atom. The first kappa shape index (κ1) is 18.5. The van der Waals surface area contributed by atoms with Gasteiger partial charge >= 0.3 is 5.76 Å². The third kappa shape index (κ3) is 3.24. The van der Waals surface area contributed by atoms with Crippen LogP contribution >= 0.6 is 0 Å². The summed E-state index contributed by atoms with van der Waals surface area (Å²) in [5, 5.41) is 0. The van der Waals surface area contributed by atoms with E-state index >= 15 is 0 Å². The van der Waals surface area contributed by atoms with Crippen molar-refractivity contribution in [3.63, 3.8) is 0 Å². The summed E-state index contributed by atoms with van der Waals surface area (Å²) < 4.78 is 17.2. The second-order valence-electron chi connectivity index (χ2n) is 7.53. The van der Waals surface area contributed by atoms with Gasteiger partial charge in [-0.25, -0.2) is 4.79 Å². The number of hydrogen-bond donors (Lipinski definition) is 0. The third-order valence-electron chi connectivity index (χ3n) is 5.67. The Morgan fingerprint density at radius 1 is 1.07 bits per heavy atom. The number of rotatable bonds is 4. The van der Waals surface area contributed by atoms with Gasteiger partial charge in [0.05, 0.1) is 5.52 Å². The van der Waals surface area contributed by atoms with Crippen LogP contribution < -0.4 is 15.2 Å². The van der Waals surface area contributed by atoms with E-state index in [1.54, 1.807) is 47.4 Å². The van der Waals surface area contributed by atoms with Crippen LogP contribution in [-0.4, -0.2) is 41.0 Å². The zero-order valence-corrected chi connectivity index (χ0v) is 16.2. The van der Waals surface area contributed by atoms with Gasteiger partial charge in [-0.1, -0.05) is 12.1 Å². The van der Waals surface area contributed by atoms with E-state index in [4.69, 9.17) is 13.9 Å². The van der Waals surface area contributed by atoms with Gasteiger partial charge in [0.15, 0.2) is 22.9 Å². The summed E-state index contributed by atoms with van der Waals surface area (Å²) in [5.74, 6) is 0.125. The molecule has 1 saturated heterocycles. The van der Waals surface area contributed by atoms with Crippen LogP contribution in [0.15, 0.2) is 51.7 Å². The molecular weight excluding hydrogens is 388 g/mol. The van der Waals surface area contributed by atoms with Crippen LogP contribution in [0.3, 0.4) is 0 Å². The summed E-state index contributed by atoms with van der Waals surface area (Å²) in [4.78, 5) is 39.7. The number of piperidine rings is 1. The maximum absolute atomic E-state index is 13.0. The van der Waals surface area contributed by atoms with Gasteiger partial charge in [0.1, 0.15) is 6.54 Å². The summed E-state index contributed by atoms with van der Waals surface area (Å²) in [7, 11) is 0. The Morgan fingerprint density at radius 3 is 2.80 bits per heavy atom. The van der Waals surface area contributed by atoms with Crippen molar-refractivity contribution in [3.05, 3.63) is 58.6 Å². The minimum absolute atomic E-state index is 0.0169. The number of benzene rings is 2. The maximum Gasteiger partial charge on any atom is 0.420 e. The number of carbonyl (C=O) groups is 2. The van der Waals surface area contributed by atoms with Gasteiger partial charge in [-0.3, -0.25) is 14.2 Å². The number of amides is 1. The van der Waals surface area contributed by atoms with Crippen LogP contribution in [0, 0.1) is 5.92 Å². The quantitative estimate of drug-likeness (QED) is 0.616. The molecule has 1 amide bonds. The number of Topliss-reactive ketones (excluding diaryl/α,β-unsaturated/α-hetero) is 1. The fourth-order valence-corrected chi connectivity index (χ4v) is 4.10. The Balaban J connectivity index is 1.31. The molecule has 1 atom stereocenters. The lowest BCUT2D eigenvalue weighted by atomic mass is 9.90. The van der Waals surface area contributed by atoms with E-state index in [0.29, 0.717) is 47.7 Å². The standard InChI is InChI=1S/C22H20N2O6/c25-20(12-24-16-5-1-2-6-17(16)30-22(24)27)23-9-3-4-15(11-23)21(26)14-7-8-18-19(10-14)29-13-28-18/h1-2,5-8,10,15H,3-4,9,11-13H2/t15-/m1/s1. The number of carbonyl (C=O) groups excluding carboxylic acids is 2. The van der Waals surface area contributed by atoms with Crippen molar-refractivity contribution >= 4 is 22.8 Å². The Bertz CT molecular complexity index is 1190. The first-order chi connectivity index (χ1) is 14.6. The predicted molar refractivity (Wildman–Crippen MR) is 107 cm³/mol. The van der Waals surface area contributed by atoms with Gasteiger partial charge < -0.3 is 18.8 Å². The van der Waals surface area contributed by atoms with E-state index < -0.39 is 5.76 Å². The number of nitrogens with zero attached hydrogens (tertiary/aromatic N) is 2. The number of aromatic nitrogens is 1. The van der Waals surface area contributed by atoms with E-state index in [1.807, 2.05) is 0 Å². The largest absolute Gasteiger partial charge is 0.454 e. The molecule has 1 aromatic heterocycles. The minimum Gasteiger partial charge on any atom is -0.454 e. The van der Waals surface area contributed by atoms with Crippen molar-refractivity contribution in [2.24, 2.45) is 5.92 Å². The van der Waals surface area contributed by atoms with E-state index in [9.17, 15) is 14.4 Å². The Kier molecular flexibility index (Phi) is 4.54. The van der Waals surface area contributed by atoms with Crippen molar-refractivity contribution < 1.29 is 23.5 Å². The van der Waals surface area contributed by atoms with Crippen LogP contribution in [0.1, 0.15) is 23.2 Å². The monoisotopic (exact) mass is 408 g/mol. The normalized spacial score (nSPS) is 18.0. The summed E-state index contributed by atoms with van der Waals surface area (Å²) in [6.45, 7) is 0.937. The molecule has 2 aliphatic heterocycles. The van der Waals surface area contributed by atoms with E-state index in [0.717, 1.165) is 6.42 Å². The summed E-state index contributed by atoms with van der Waals surface area (Å²) >= 11 is 0. The van der Waals surface area contributed by atoms with Gasteiger partial charge in [0, 0.05) is 24.6 Å². The topological polar surface area (TPSA) is 91.0 Å². The molecule has 0 saturated carbocycles. The molecule has 30 heavy (non-hydrogen) atoms. The number of ether oxygens (including phenoxy) is 2. The van der Waals surface area contributed by atoms with Gasteiger partial charge in [0.25, 0.3) is 0 Å². The molecule has 8 heteroatoms. The summed E-state index contributed by atoms with van der Waals surface area (Å²) in [6.07, 6.45) is 1.44.